The second-order valence-corrected chi connectivity index (χ2v) is 6.88. The van der Waals surface area contributed by atoms with Crippen LogP contribution in [0.25, 0.3) is 0 Å². The SMILES string of the molecule is CCCOC1CCCN(C(=O)c2cc(Br)cc(Br)c2)C1. The van der Waals surface area contributed by atoms with Crippen LogP contribution in [0.5, 0.6) is 0 Å². The van der Waals surface area contributed by atoms with E-state index in [1.165, 1.54) is 0 Å². The molecule has 0 N–H and O–H groups in total. The van der Waals surface area contributed by atoms with E-state index in [1.54, 1.807) is 0 Å². The quantitative estimate of drug-likeness (QED) is 0.750. The molecule has 2 rings (SSSR count). The minimum atomic E-state index is 0.0804. The zero-order valence-electron chi connectivity index (χ0n) is 11.6. The first-order chi connectivity index (χ1) is 9.60. The molecule has 0 radical (unpaired) electrons. The molecule has 1 heterocycles. The van der Waals surface area contributed by atoms with Crippen molar-refractivity contribution in [3.63, 3.8) is 0 Å². The lowest BCUT2D eigenvalue weighted by atomic mass is 10.1. The Morgan fingerprint density at radius 1 is 1.35 bits per heavy atom. The van der Waals surface area contributed by atoms with Gasteiger partial charge in [-0.25, -0.2) is 0 Å². The molecule has 5 heteroatoms. The van der Waals surface area contributed by atoms with Crippen LogP contribution in [-0.2, 0) is 4.74 Å². The highest BCUT2D eigenvalue weighted by molar-refractivity contribution is 9.11. The molecule has 20 heavy (non-hydrogen) atoms. The minimum absolute atomic E-state index is 0.0804. The van der Waals surface area contributed by atoms with E-state index in [0.717, 1.165) is 41.4 Å². The van der Waals surface area contributed by atoms with E-state index in [9.17, 15) is 4.79 Å². The van der Waals surface area contributed by atoms with Crippen LogP contribution in [0.2, 0.25) is 0 Å². The number of likely N-dealkylation sites (tertiary alicyclic amines) is 1. The molecule has 1 saturated heterocycles. The van der Waals surface area contributed by atoms with Crippen molar-refractivity contribution >= 4 is 37.8 Å². The van der Waals surface area contributed by atoms with Crippen molar-refractivity contribution in [2.45, 2.75) is 32.3 Å². The molecular weight excluding hydrogens is 386 g/mol. The van der Waals surface area contributed by atoms with Gasteiger partial charge in [0.2, 0.25) is 0 Å². The van der Waals surface area contributed by atoms with Gasteiger partial charge in [0.05, 0.1) is 6.10 Å². The Labute approximate surface area is 136 Å². The van der Waals surface area contributed by atoms with E-state index >= 15 is 0 Å². The molecule has 0 saturated carbocycles. The van der Waals surface area contributed by atoms with Gasteiger partial charge in [-0.15, -0.1) is 0 Å². The average molecular weight is 405 g/mol. The topological polar surface area (TPSA) is 29.5 Å². The van der Waals surface area contributed by atoms with Crippen LogP contribution >= 0.6 is 31.9 Å². The Kier molecular flexibility index (Phi) is 6.05. The number of benzene rings is 1. The van der Waals surface area contributed by atoms with Gasteiger partial charge in [-0.2, -0.15) is 0 Å². The summed E-state index contributed by atoms with van der Waals surface area (Å²) in [6.07, 6.45) is 3.26. The molecular formula is C15H19Br2NO2. The summed E-state index contributed by atoms with van der Waals surface area (Å²) in [6, 6.07) is 5.66. The predicted molar refractivity (Wildman–Crippen MR) is 87.0 cm³/mol. The molecule has 1 aliphatic heterocycles. The molecule has 1 aliphatic rings. The molecule has 1 amide bonds. The lowest BCUT2D eigenvalue weighted by Gasteiger charge is -2.32. The third-order valence-corrected chi connectivity index (χ3v) is 4.25. The molecule has 1 aromatic rings. The van der Waals surface area contributed by atoms with E-state index < -0.39 is 0 Å². The van der Waals surface area contributed by atoms with Crippen LogP contribution in [-0.4, -0.2) is 36.6 Å². The smallest absolute Gasteiger partial charge is 0.254 e. The van der Waals surface area contributed by atoms with Crippen LogP contribution in [0.15, 0.2) is 27.1 Å². The molecule has 0 aliphatic carbocycles. The fourth-order valence-corrected chi connectivity index (χ4v) is 3.70. The highest BCUT2D eigenvalue weighted by atomic mass is 79.9. The fourth-order valence-electron chi connectivity index (χ4n) is 2.40. The first kappa shape index (κ1) is 16.0. The Hall–Kier alpha value is -0.390. The van der Waals surface area contributed by atoms with Gasteiger partial charge >= 0.3 is 0 Å². The van der Waals surface area contributed by atoms with Gasteiger partial charge in [0.15, 0.2) is 0 Å². The lowest BCUT2D eigenvalue weighted by molar-refractivity contribution is 0.00211. The first-order valence-corrected chi connectivity index (χ1v) is 8.55. The second-order valence-electron chi connectivity index (χ2n) is 5.04. The molecule has 3 nitrogen and oxygen atoms in total. The summed E-state index contributed by atoms with van der Waals surface area (Å²) in [5.41, 5.74) is 0.711. The molecule has 1 atom stereocenters. The Bertz CT molecular complexity index is 459. The Balaban J connectivity index is 2.04. The number of hydrogen-bond donors (Lipinski definition) is 0. The molecule has 0 spiro atoms. The number of carbonyl (C=O) groups is 1. The van der Waals surface area contributed by atoms with Crippen LogP contribution < -0.4 is 0 Å². The van der Waals surface area contributed by atoms with Gasteiger partial charge in [-0.05, 0) is 37.5 Å². The number of hydrogen-bond acceptors (Lipinski definition) is 2. The number of amides is 1. The minimum Gasteiger partial charge on any atom is -0.376 e. The molecule has 110 valence electrons. The number of nitrogens with zero attached hydrogens (tertiary/aromatic N) is 1. The predicted octanol–water partition coefficient (Wildman–Crippen LogP) is 4.24. The molecule has 1 unspecified atom stereocenters. The molecule has 1 aromatic carbocycles. The van der Waals surface area contributed by atoms with Crippen LogP contribution in [0.3, 0.4) is 0 Å². The number of carbonyl (C=O) groups excluding carboxylic acids is 1. The zero-order chi connectivity index (χ0) is 14.5. The summed E-state index contributed by atoms with van der Waals surface area (Å²) < 4.78 is 7.60. The number of rotatable bonds is 4. The van der Waals surface area contributed by atoms with E-state index in [1.807, 2.05) is 23.1 Å². The summed E-state index contributed by atoms with van der Waals surface area (Å²) >= 11 is 6.85. The van der Waals surface area contributed by atoms with E-state index in [4.69, 9.17) is 4.74 Å². The summed E-state index contributed by atoms with van der Waals surface area (Å²) in [5.74, 6) is 0.0804. The van der Waals surface area contributed by atoms with Crippen LogP contribution in [0.4, 0.5) is 0 Å². The van der Waals surface area contributed by atoms with Gasteiger partial charge in [-0.3, -0.25) is 4.79 Å². The monoisotopic (exact) mass is 403 g/mol. The van der Waals surface area contributed by atoms with E-state index in [0.29, 0.717) is 12.1 Å². The average Bonchev–Trinajstić information content (AvgIpc) is 2.43. The first-order valence-electron chi connectivity index (χ1n) is 6.97. The third kappa shape index (κ3) is 4.30. The fraction of sp³-hybridized carbons (Fsp3) is 0.533. The second kappa shape index (κ2) is 7.57. The maximum atomic E-state index is 12.6. The summed E-state index contributed by atoms with van der Waals surface area (Å²) in [5, 5.41) is 0. The number of piperidine rings is 1. The normalized spacial score (nSPS) is 19.1. The highest BCUT2D eigenvalue weighted by Gasteiger charge is 2.25. The van der Waals surface area contributed by atoms with Crippen LogP contribution in [0.1, 0.15) is 36.5 Å². The molecule has 1 fully saturated rings. The van der Waals surface area contributed by atoms with Gasteiger partial charge in [-0.1, -0.05) is 38.8 Å². The van der Waals surface area contributed by atoms with Gasteiger partial charge in [0.25, 0.3) is 5.91 Å². The summed E-state index contributed by atoms with van der Waals surface area (Å²) in [7, 11) is 0. The largest absolute Gasteiger partial charge is 0.376 e. The van der Waals surface area contributed by atoms with Crippen LogP contribution in [0, 0.1) is 0 Å². The number of ether oxygens (including phenoxy) is 1. The molecule has 0 aromatic heterocycles. The third-order valence-electron chi connectivity index (χ3n) is 3.33. The van der Waals surface area contributed by atoms with Gasteiger partial charge < -0.3 is 9.64 Å². The summed E-state index contributed by atoms with van der Waals surface area (Å²) in [4.78, 5) is 14.5. The van der Waals surface area contributed by atoms with Gasteiger partial charge in [0.1, 0.15) is 0 Å². The van der Waals surface area contributed by atoms with Gasteiger partial charge in [0, 0.05) is 34.2 Å². The highest BCUT2D eigenvalue weighted by Crippen LogP contribution is 2.23. The van der Waals surface area contributed by atoms with E-state index in [2.05, 4.69) is 38.8 Å². The Morgan fingerprint density at radius 2 is 2.05 bits per heavy atom. The van der Waals surface area contributed by atoms with Crippen molar-refractivity contribution in [3.8, 4) is 0 Å². The number of halogens is 2. The summed E-state index contributed by atoms with van der Waals surface area (Å²) in [6.45, 7) is 4.39. The van der Waals surface area contributed by atoms with E-state index in [-0.39, 0.29) is 12.0 Å². The van der Waals surface area contributed by atoms with Crippen molar-refractivity contribution in [1.29, 1.82) is 0 Å². The maximum absolute atomic E-state index is 12.6. The maximum Gasteiger partial charge on any atom is 0.254 e. The van der Waals surface area contributed by atoms with Crippen molar-refractivity contribution in [3.05, 3.63) is 32.7 Å². The standard InChI is InChI=1S/C15H19Br2NO2/c1-2-6-20-14-4-3-5-18(10-14)15(19)11-7-12(16)9-13(17)8-11/h7-9,14H,2-6,10H2,1H3. The van der Waals surface area contributed by atoms with Crippen molar-refractivity contribution in [2.24, 2.45) is 0 Å². The molecule has 0 bridgehead atoms. The lowest BCUT2D eigenvalue weighted by Crippen LogP contribution is -2.43. The van der Waals surface area contributed by atoms with Crippen molar-refractivity contribution in [1.82, 2.24) is 4.90 Å². The zero-order valence-corrected chi connectivity index (χ0v) is 14.7. The van der Waals surface area contributed by atoms with Crippen molar-refractivity contribution in [2.75, 3.05) is 19.7 Å². The Morgan fingerprint density at radius 3 is 2.70 bits per heavy atom. The van der Waals surface area contributed by atoms with Crippen molar-refractivity contribution < 1.29 is 9.53 Å².